The fourth-order valence-corrected chi connectivity index (χ4v) is 2.23. The maximum absolute atomic E-state index is 5.81. The molecule has 0 saturated carbocycles. The molecule has 1 aromatic carbocycles. The molecule has 0 amide bonds. The number of nitrogens with two attached hydrogens (primary N) is 1. The minimum Gasteiger partial charge on any atom is -0.494 e. The molecule has 0 spiro atoms. The van der Waals surface area contributed by atoms with Gasteiger partial charge in [0.05, 0.1) is 18.8 Å². The minimum absolute atomic E-state index is 0.0136. The first-order valence-electron chi connectivity index (χ1n) is 7.07. The summed E-state index contributed by atoms with van der Waals surface area (Å²) in [5.74, 6) is 6.59. The fourth-order valence-electron chi connectivity index (χ4n) is 2.23. The highest BCUT2D eigenvalue weighted by molar-refractivity contribution is 5.31. The van der Waals surface area contributed by atoms with Crippen LogP contribution >= 0.6 is 0 Å². The molecule has 0 aliphatic rings. The average Bonchev–Trinajstić information content (AvgIpc) is 2.41. The zero-order valence-electron chi connectivity index (χ0n) is 12.2. The molecular weight excluding hydrogens is 240 g/mol. The van der Waals surface area contributed by atoms with E-state index in [9.17, 15) is 0 Å². The van der Waals surface area contributed by atoms with Gasteiger partial charge in [-0.05, 0) is 38.0 Å². The van der Waals surface area contributed by atoms with Gasteiger partial charge in [-0.1, -0.05) is 25.5 Å². The molecule has 0 heterocycles. The summed E-state index contributed by atoms with van der Waals surface area (Å²) in [7, 11) is 0. The normalized spacial score (nSPS) is 14.1. The fraction of sp³-hybridized carbons (Fsp3) is 0.600. The molecule has 19 heavy (non-hydrogen) atoms. The largest absolute Gasteiger partial charge is 0.494 e. The molecule has 0 aromatic heterocycles. The first kappa shape index (κ1) is 16.0. The third-order valence-corrected chi connectivity index (χ3v) is 3.03. The van der Waals surface area contributed by atoms with Crippen molar-refractivity contribution in [2.45, 2.75) is 45.8 Å². The van der Waals surface area contributed by atoms with E-state index in [-0.39, 0.29) is 12.1 Å². The standard InChI is InChI=1S/C15H26N2O2/c1-4-8-14(19-6-3)15(17-16)12-9-7-10-13(11-12)18-5-2/h7,9-11,14-15,17H,4-6,8,16H2,1-3H3. The number of rotatable bonds is 9. The Hall–Kier alpha value is -1.10. The van der Waals surface area contributed by atoms with Crippen molar-refractivity contribution in [1.29, 1.82) is 0 Å². The monoisotopic (exact) mass is 266 g/mol. The third-order valence-electron chi connectivity index (χ3n) is 3.03. The molecular formula is C15H26N2O2. The van der Waals surface area contributed by atoms with Crippen molar-refractivity contribution in [3.05, 3.63) is 29.8 Å². The van der Waals surface area contributed by atoms with Gasteiger partial charge in [-0.15, -0.1) is 0 Å². The second kappa shape index (κ2) is 8.91. The molecule has 4 heteroatoms. The molecule has 0 aliphatic carbocycles. The predicted molar refractivity (Wildman–Crippen MR) is 78.0 cm³/mol. The first-order valence-corrected chi connectivity index (χ1v) is 7.07. The van der Waals surface area contributed by atoms with Gasteiger partial charge in [0, 0.05) is 6.61 Å². The molecule has 0 saturated heterocycles. The van der Waals surface area contributed by atoms with Crippen LogP contribution in [0.15, 0.2) is 24.3 Å². The van der Waals surface area contributed by atoms with Crippen molar-refractivity contribution in [2.75, 3.05) is 13.2 Å². The third kappa shape index (κ3) is 4.82. The van der Waals surface area contributed by atoms with Crippen LogP contribution in [0.1, 0.15) is 45.2 Å². The van der Waals surface area contributed by atoms with Gasteiger partial charge >= 0.3 is 0 Å². The molecule has 0 bridgehead atoms. The quantitative estimate of drug-likeness (QED) is 0.533. The Morgan fingerprint density at radius 3 is 2.58 bits per heavy atom. The molecule has 4 nitrogen and oxygen atoms in total. The Balaban J connectivity index is 2.89. The summed E-state index contributed by atoms with van der Waals surface area (Å²) in [5.41, 5.74) is 3.97. The van der Waals surface area contributed by atoms with E-state index in [1.165, 1.54) is 0 Å². The van der Waals surface area contributed by atoms with Gasteiger partial charge in [0.1, 0.15) is 5.75 Å². The number of benzene rings is 1. The molecule has 0 radical (unpaired) electrons. The van der Waals surface area contributed by atoms with Crippen molar-refractivity contribution < 1.29 is 9.47 Å². The predicted octanol–water partition coefficient (Wildman–Crippen LogP) is 2.79. The molecule has 1 aromatic rings. The SMILES string of the molecule is CCCC(OCC)C(NN)c1cccc(OCC)c1. The highest BCUT2D eigenvalue weighted by Crippen LogP contribution is 2.25. The number of nitrogens with one attached hydrogen (secondary N) is 1. The van der Waals surface area contributed by atoms with Gasteiger partial charge in [0.2, 0.25) is 0 Å². The Kier molecular flexibility index (Phi) is 7.48. The molecule has 0 aliphatic heterocycles. The van der Waals surface area contributed by atoms with Gasteiger partial charge in [0.15, 0.2) is 0 Å². The summed E-state index contributed by atoms with van der Waals surface area (Å²) >= 11 is 0. The van der Waals surface area contributed by atoms with E-state index in [4.69, 9.17) is 15.3 Å². The molecule has 2 atom stereocenters. The summed E-state index contributed by atoms with van der Waals surface area (Å²) < 4.78 is 11.3. The molecule has 0 fully saturated rings. The molecule has 1 rings (SSSR count). The van der Waals surface area contributed by atoms with E-state index in [1.807, 2.05) is 32.0 Å². The van der Waals surface area contributed by atoms with Gasteiger partial charge in [0.25, 0.3) is 0 Å². The first-order chi connectivity index (χ1) is 9.26. The van der Waals surface area contributed by atoms with E-state index in [0.29, 0.717) is 13.2 Å². The lowest BCUT2D eigenvalue weighted by Crippen LogP contribution is -2.38. The van der Waals surface area contributed by atoms with Crippen LogP contribution < -0.4 is 16.0 Å². The maximum atomic E-state index is 5.81. The average molecular weight is 266 g/mol. The van der Waals surface area contributed by atoms with Gasteiger partial charge in [-0.25, -0.2) is 0 Å². The van der Waals surface area contributed by atoms with E-state index in [1.54, 1.807) is 0 Å². The molecule has 2 unspecified atom stereocenters. The van der Waals surface area contributed by atoms with Crippen LogP contribution in [0.2, 0.25) is 0 Å². The van der Waals surface area contributed by atoms with Crippen molar-refractivity contribution in [3.63, 3.8) is 0 Å². The number of hydrogen-bond donors (Lipinski definition) is 2. The Morgan fingerprint density at radius 1 is 1.21 bits per heavy atom. The Labute approximate surface area is 116 Å². The lowest BCUT2D eigenvalue weighted by atomic mass is 9.98. The van der Waals surface area contributed by atoms with E-state index < -0.39 is 0 Å². The summed E-state index contributed by atoms with van der Waals surface area (Å²) in [5, 5.41) is 0. The zero-order valence-corrected chi connectivity index (χ0v) is 12.2. The second-order valence-electron chi connectivity index (χ2n) is 4.43. The highest BCUT2D eigenvalue weighted by Gasteiger charge is 2.22. The van der Waals surface area contributed by atoms with Crippen LogP contribution in [0.5, 0.6) is 5.75 Å². The Morgan fingerprint density at radius 2 is 2.00 bits per heavy atom. The Bertz CT molecular complexity index is 352. The van der Waals surface area contributed by atoms with Gasteiger partial charge in [-0.2, -0.15) is 0 Å². The van der Waals surface area contributed by atoms with Crippen LogP contribution in [-0.2, 0) is 4.74 Å². The van der Waals surface area contributed by atoms with Crippen molar-refractivity contribution >= 4 is 0 Å². The lowest BCUT2D eigenvalue weighted by molar-refractivity contribution is 0.0275. The number of ether oxygens (including phenoxy) is 2. The summed E-state index contributed by atoms with van der Waals surface area (Å²) in [6, 6.07) is 8.00. The number of hydrogen-bond acceptors (Lipinski definition) is 4. The minimum atomic E-state index is -0.0136. The van der Waals surface area contributed by atoms with Gasteiger partial charge in [-0.3, -0.25) is 11.3 Å². The highest BCUT2D eigenvalue weighted by atomic mass is 16.5. The smallest absolute Gasteiger partial charge is 0.119 e. The van der Waals surface area contributed by atoms with Crippen molar-refractivity contribution in [1.82, 2.24) is 5.43 Å². The lowest BCUT2D eigenvalue weighted by Gasteiger charge is -2.27. The molecule has 108 valence electrons. The van der Waals surface area contributed by atoms with Crippen molar-refractivity contribution in [3.8, 4) is 5.75 Å². The van der Waals surface area contributed by atoms with Crippen molar-refractivity contribution in [2.24, 2.45) is 5.84 Å². The van der Waals surface area contributed by atoms with Crippen LogP contribution in [-0.4, -0.2) is 19.3 Å². The van der Waals surface area contributed by atoms with Crippen LogP contribution in [0.25, 0.3) is 0 Å². The van der Waals surface area contributed by atoms with E-state index in [2.05, 4.69) is 18.4 Å². The van der Waals surface area contributed by atoms with Gasteiger partial charge < -0.3 is 9.47 Å². The molecule has 3 N–H and O–H groups in total. The summed E-state index contributed by atoms with van der Waals surface area (Å²) in [4.78, 5) is 0. The van der Waals surface area contributed by atoms with Crippen LogP contribution in [0.4, 0.5) is 0 Å². The zero-order chi connectivity index (χ0) is 14.1. The summed E-state index contributed by atoms with van der Waals surface area (Å²) in [6.45, 7) is 7.48. The summed E-state index contributed by atoms with van der Waals surface area (Å²) in [6.07, 6.45) is 2.12. The van der Waals surface area contributed by atoms with Crippen LogP contribution in [0.3, 0.4) is 0 Å². The second-order valence-corrected chi connectivity index (χ2v) is 4.43. The maximum Gasteiger partial charge on any atom is 0.119 e. The van der Waals surface area contributed by atoms with E-state index in [0.717, 1.165) is 24.2 Å². The topological polar surface area (TPSA) is 56.5 Å². The number of hydrazine groups is 1. The van der Waals surface area contributed by atoms with E-state index >= 15 is 0 Å². The van der Waals surface area contributed by atoms with Crippen LogP contribution in [0, 0.1) is 0 Å².